The number of benzene rings is 1. The topological polar surface area (TPSA) is 46.3 Å². The third kappa shape index (κ3) is 1.00. The van der Waals surface area contributed by atoms with E-state index in [1.807, 2.05) is 19.1 Å². The van der Waals surface area contributed by atoms with Crippen molar-refractivity contribution in [2.75, 3.05) is 17.7 Å². The van der Waals surface area contributed by atoms with E-state index in [0.717, 1.165) is 22.5 Å². The summed E-state index contributed by atoms with van der Waals surface area (Å²) in [5.41, 5.74) is 9.63. The summed E-state index contributed by atoms with van der Waals surface area (Å²) in [6, 6.07) is 3.76. The van der Waals surface area contributed by atoms with Crippen LogP contribution >= 0.6 is 0 Å². The Bertz CT molecular complexity index is 385. The van der Waals surface area contributed by atoms with Crippen LogP contribution in [0.1, 0.15) is 11.1 Å². The van der Waals surface area contributed by atoms with Gasteiger partial charge in [-0.1, -0.05) is 0 Å². The first kappa shape index (κ1) is 8.10. The summed E-state index contributed by atoms with van der Waals surface area (Å²) in [5, 5.41) is 0. The predicted molar refractivity (Wildman–Crippen MR) is 52.7 cm³/mol. The molecule has 0 spiro atoms. The molecule has 1 aliphatic heterocycles. The Morgan fingerprint density at radius 1 is 1.46 bits per heavy atom. The third-order valence-corrected chi connectivity index (χ3v) is 2.68. The number of nitrogens with zero attached hydrogens (tertiary/aromatic N) is 1. The predicted octanol–water partition coefficient (Wildman–Crippen LogP) is 1.10. The second-order valence-electron chi connectivity index (χ2n) is 3.41. The molecule has 2 rings (SSSR count). The van der Waals surface area contributed by atoms with Gasteiger partial charge in [0.25, 0.3) is 0 Å². The quantitative estimate of drug-likeness (QED) is 0.601. The number of hydrogen-bond acceptors (Lipinski definition) is 2. The van der Waals surface area contributed by atoms with Gasteiger partial charge in [-0.2, -0.15) is 0 Å². The Hall–Kier alpha value is -1.51. The smallest absolute Gasteiger partial charge is 0.231 e. The van der Waals surface area contributed by atoms with Crippen molar-refractivity contribution >= 4 is 17.3 Å². The number of fused-ring (bicyclic) bond motifs is 1. The molecule has 0 saturated heterocycles. The number of carbonyl (C=O) groups is 1. The van der Waals surface area contributed by atoms with Gasteiger partial charge in [0.05, 0.1) is 6.42 Å². The SMILES string of the molecule is Cc1c(N)ccc2c1CC(=O)N2C. The second-order valence-corrected chi connectivity index (χ2v) is 3.41. The van der Waals surface area contributed by atoms with Crippen LogP contribution in [0.15, 0.2) is 12.1 Å². The maximum Gasteiger partial charge on any atom is 0.231 e. The molecule has 2 N–H and O–H groups in total. The molecule has 13 heavy (non-hydrogen) atoms. The van der Waals surface area contributed by atoms with Crippen molar-refractivity contribution in [3.63, 3.8) is 0 Å². The van der Waals surface area contributed by atoms with Crippen molar-refractivity contribution in [3.05, 3.63) is 23.3 Å². The first-order valence-electron chi connectivity index (χ1n) is 4.26. The Kier molecular flexibility index (Phi) is 1.55. The van der Waals surface area contributed by atoms with Gasteiger partial charge in [-0.3, -0.25) is 4.79 Å². The molecule has 0 atom stereocenters. The molecule has 1 heterocycles. The van der Waals surface area contributed by atoms with Crippen molar-refractivity contribution in [2.24, 2.45) is 0 Å². The zero-order valence-corrected chi connectivity index (χ0v) is 7.79. The molecular formula is C10H12N2O. The maximum absolute atomic E-state index is 11.4. The first-order chi connectivity index (χ1) is 6.11. The van der Waals surface area contributed by atoms with E-state index < -0.39 is 0 Å². The van der Waals surface area contributed by atoms with Gasteiger partial charge >= 0.3 is 0 Å². The van der Waals surface area contributed by atoms with E-state index >= 15 is 0 Å². The number of hydrogen-bond donors (Lipinski definition) is 1. The van der Waals surface area contributed by atoms with Crippen molar-refractivity contribution < 1.29 is 4.79 Å². The van der Waals surface area contributed by atoms with E-state index in [9.17, 15) is 4.79 Å². The summed E-state index contributed by atoms with van der Waals surface area (Å²) in [5.74, 6) is 0.142. The lowest BCUT2D eigenvalue weighted by Crippen LogP contribution is -2.20. The summed E-state index contributed by atoms with van der Waals surface area (Å²) in [4.78, 5) is 13.1. The van der Waals surface area contributed by atoms with Crippen LogP contribution in [0, 0.1) is 6.92 Å². The van der Waals surface area contributed by atoms with Crippen molar-refractivity contribution in [3.8, 4) is 0 Å². The van der Waals surface area contributed by atoms with Crippen LogP contribution in [0.2, 0.25) is 0 Å². The Morgan fingerprint density at radius 2 is 2.15 bits per heavy atom. The van der Waals surface area contributed by atoms with E-state index in [-0.39, 0.29) is 5.91 Å². The fourth-order valence-corrected chi connectivity index (χ4v) is 1.70. The van der Waals surface area contributed by atoms with Gasteiger partial charge in [0.15, 0.2) is 0 Å². The minimum absolute atomic E-state index is 0.142. The molecule has 3 nitrogen and oxygen atoms in total. The van der Waals surface area contributed by atoms with Gasteiger partial charge in [0, 0.05) is 18.4 Å². The molecule has 0 fully saturated rings. The van der Waals surface area contributed by atoms with Crippen LogP contribution in [0.4, 0.5) is 11.4 Å². The van der Waals surface area contributed by atoms with Crippen LogP contribution in [0.5, 0.6) is 0 Å². The molecule has 0 saturated carbocycles. The van der Waals surface area contributed by atoms with Crippen LogP contribution in [0.25, 0.3) is 0 Å². The molecule has 0 unspecified atom stereocenters. The fourth-order valence-electron chi connectivity index (χ4n) is 1.70. The number of amides is 1. The minimum Gasteiger partial charge on any atom is -0.399 e. The standard InChI is InChI=1S/C10H12N2O/c1-6-7-5-10(13)12(2)9(7)4-3-8(6)11/h3-4H,5,11H2,1-2H3. The molecule has 0 aromatic heterocycles. The first-order valence-corrected chi connectivity index (χ1v) is 4.26. The van der Waals surface area contributed by atoms with Crippen molar-refractivity contribution in [2.45, 2.75) is 13.3 Å². The highest BCUT2D eigenvalue weighted by Gasteiger charge is 2.25. The fraction of sp³-hybridized carbons (Fsp3) is 0.300. The van der Waals surface area contributed by atoms with Gasteiger partial charge in [-0.25, -0.2) is 0 Å². The summed E-state index contributed by atoms with van der Waals surface area (Å²) >= 11 is 0. The second kappa shape index (κ2) is 2.49. The third-order valence-electron chi connectivity index (χ3n) is 2.68. The molecule has 0 radical (unpaired) electrons. The zero-order chi connectivity index (χ0) is 9.59. The van der Waals surface area contributed by atoms with Gasteiger partial charge in [-0.05, 0) is 30.2 Å². The minimum atomic E-state index is 0.142. The molecule has 0 aliphatic carbocycles. The molecule has 1 amide bonds. The van der Waals surface area contributed by atoms with Gasteiger partial charge in [0.1, 0.15) is 0 Å². The monoisotopic (exact) mass is 176 g/mol. The highest BCUT2D eigenvalue weighted by molar-refractivity contribution is 6.01. The number of anilines is 2. The lowest BCUT2D eigenvalue weighted by atomic mass is 10.0. The molecule has 1 aromatic carbocycles. The summed E-state index contributed by atoms with van der Waals surface area (Å²) in [7, 11) is 1.80. The van der Waals surface area contributed by atoms with Crippen LogP contribution < -0.4 is 10.6 Å². The molecule has 1 aliphatic rings. The van der Waals surface area contributed by atoms with Crippen molar-refractivity contribution in [1.29, 1.82) is 0 Å². The van der Waals surface area contributed by atoms with E-state index in [2.05, 4.69) is 0 Å². The average Bonchev–Trinajstić information content (AvgIpc) is 2.38. The number of carbonyl (C=O) groups excluding carboxylic acids is 1. The van der Waals surface area contributed by atoms with E-state index in [1.54, 1.807) is 11.9 Å². The van der Waals surface area contributed by atoms with Gasteiger partial charge in [0.2, 0.25) is 5.91 Å². The van der Waals surface area contributed by atoms with Crippen LogP contribution in [-0.4, -0.2) is 13.0 Å². The van der Waals surface area contributed by atoms with E-state index in [0.29, 0.717) is 6.42 Å². The number of nitrogens with two attached hydrogens (primary N) is 1. The molecule has 3 heteroatoms. The normalized spacial score (nSPS) is 14.9. The largest absolute Gasteiger partial charge is 0.399 e. The molecular weight excluding hydrogens is 164 g/mol. The Balaban J connectivity index is 2.64. The molecule has 1 aromatic rings. The van der Waals surface area contributed by atoms with Gasteiger partial charge < -0.3 is 10.6 Å². The summed E-state index contributed by atoms with van der Waals surface area (Å²) in [6.45, 7) is 1.96. The van der Waals surface area contributed by atoms with Crippen LogP contribution in [-0.2, 0) is 11.2 Å². The molecule has 0 bridgehead atoms. The highest BCUT2D eigenvalue weighted by Crippen LogP contribution is 2.32. The van der Waals surface area contributed by atoms with E-state index in [4.69, 9.17) is 5.73 Å². The lowest BCUT2D eigenvalue weighted by Gasteiger charge is -2.11. The highest BCUT2D eigenvalue weighted by atomic mass is 16.2. The van der Waals surface area contributed by atoms with E-state index in [1.165, 1.54) is 0 Å². The average molecular weight is 176 g/mol. The van der Waals surface area contributed by atoms with Crippen LogP contribution in [0.3, 0.4) is 0 Å². The summed E-state index contributed by atoms with van der Waals surface area (Å²) in [6.07, 6.45) is 0.489. The van der Waals surface area contributed by atoms with Gasteiger partial charge in [-0.15, -0.1) is 0 Å². The summed E-state index contributed by atoms with van der Waals surface area (Å²) < 4.78 is 0. The maximum atomic E-state index is 11.4. The number of nitrogen functional groups attached to an aromatic ring is 1. The lowest BCUT2D eigenvalue weighted by molar-refractivity contribution is -0.117. The Labute approximate surface area is 77.1 Å². The zero-order valence-electron chi connectivity index (χ0n) is 7.79. The Morgan fingerprint density at radius 3 is 2.85 bits per heavy atom. The number of rotatable bonds is 0. The number of likely N-dealkylation sites (N-methyl/N-ethyl adjacent to an activating group) is 1. The van der Waals surface area contributed by atoms with Crippen molar-refractivity contribution in [1.82, 2.24) is 0 Å². The molecule has 68 valence electrons.